The second-order valence-electron chi connectivity index (χ2n) is 9.81. The van der Waals surface area contributed by atoms with E-state index in [1.54, 1.807) is 7.11 Å². The summed E-state index contributed by atoms with van der Waals surface area (Å²) in [5.41, 5.74) is 2.78. The van der Waals surface area contributed by atoms with E-state index in [0.717, 1.165) is 65.7 Å². The summed E-state index contributed by atoms with van der Waals surface area (Å²) in [7, 11) is 1.64. The van der Waals surface area contributed by atoms with Crippen molar-refractivity contribution in [2.45, 2.75) is 25.2 Å². The number of anilines is 1. The standard InChI is InChI=1S/C29H32N6O3/c1-37-24-9-7-21(8-10-24)19-26(36)33-13-15-34(16-14-33)28-25-20-30-35(23-5-3-2-4-6-23)29(25)32-27(31-28)22-11-17-38-18-12-22/h2-10,20,22H,11-19H2,1H3. The molecule has 0 bridgehead atoms. The number of fused-ring (bicyclic) bond motifs is 1. The molecular weight excluding hydrogens is 480 g/mol. The molecule has 2 aliphatic rings. The van der Waals surface area contributed by atoms with E-state index in [9.17, 15) is 4.79 Å². The number of amides is 1. The molecule has 196 valence electrons. The van der Waals surface area contributed by atoms with Crippen LogP contribution in [0.3, 0.4) is 0 Å². The van der Waals surface area contributed by atoms with Crippen LogP contribution in [0.25, 0.3) is 16.7 Å². The number of aromatic nitrogens is 4. The summed E-state index contributed by atoms with van der Waals surface area (Å²) in [5, 5.41) is 5.63. The van der Waals surface area contributed by atoms with Gasteiger partial charge in [0.1, 0.15) is 17.4 Å². The van der Waals surface area contributed by atoms with Crippen molar-refractivity contribution >= 4 is 22.8 Å². The molecule has 9 heteroatoms. The van der Waals surface area contributed by atoms with Crippen molar-refractivity contribution in [2.75, 3.05) is 51.4 Å². The lowest BCUT2D eigenvalue weighted by molar-refractivity contribution is -0.130. The number of rotatable bonds is 6. The molecule has 0 radical (unpaired) electrons. The van der Waals surface area contributed by atoms with Gasteiger partial charge in [-0.3, -0.25) is 4.79 Å². The highest BCUT2D eigenvalue weighted by molar-refractivity contribution is 5.88. The van der Waals surface area contributed by atoms with Crippen molar-refractivity contribution in [3.63, 3.8) is 0 Å². The summed E-state index contributed by atoms with van der Waals surface area (Å²) in [6, 6.07) is 17.8. The van der Waals surface area contributed by atoms with Crippen molar-refractivity contribution < 1.29 is 14.3 Å². The highest BCUT2D eigenvalue weighted by Crippen LogP contribution is 2.31. The Hall–Kier alpha value is -3.98. The SMILES string of the molecule is COc1ccc(CC(=O)N2CCN(c3nc(C4CCOCC4)nc4c3cnn4-c3ccccc3)CC2)cc1. The Bertz CT molecular complexity index is 1390. The van der Waals surface area contributed by atoms with Crippen LogP contribution < -0.4 is 9.64 Å². The minimum absolute atomic E-state index is 0.141. The topological polar surface area (TPSA) is 85.6 Å². The molecule has 0 atom stereocenters. The zero-order valence-corrected chi connectivity index (χ0v) is 21.6. The van der Waals surface area contributed by atoms with Gasteiger partial charge in [-0.05, 0) is 42.7 Å². The maximum atomic E-state index is 13.0. The number of ether oxygens (including phenoxy) is 2. The number of methoxy groups -OCH3 is 1. The quantitative estimate of drug-likeness (QED) is 0.390. The Morgan fingerprint density at radius 2 is 1.71 bits per heavy atom. The van der Waals surface area contributed by atoms with Gasteiger partial charge < -0.3 is 19.3 Å². The average molecular weight is 513 g/mol. The first kappa shape index (κ1) is 24.4. The van der Waals surface area contributed by atoms with Crippen molar-refractivity contribution in [1.82, 2.24) is 24.6 Å². The van der Waals surface area contributed by atoms with Gasteiger partial charge in [-0.25, -0.2) is 14.6 Å². The number of benzene rings is 2. The Morgan fingerprint density at radius 3 is 2.42 bits per heavy atom. The largest absolute Gasteiger partial charge is 0.497 e. The van der Waals surface area contributed by atoms with Crippen molar-refractivity contribution in [3.05, 3.63) is 72.2 Å². The van der Waals surface area contributed by atoms with E-state index in [2.05, 4.69) is 4.90 Å². The summed E-state index contributed by atoms with van der Waals surface area (Å²) in [5.74, 6) is 2.95. The summed E-state index contributed by atoms with van der Waals surface area (Å²) in [6.07, 6.45) is 4.09. The van der Waals surface area contributed by atoms with E-state index in [4.69, 9.17) is 24.5 Å². The van der Waals surface area contributed by atoms with Crippen LogP contribution >= 0.6 is 0 Å². The minimum atomic E-state index is 0.141. The number of nitrogens with zero attached hydrogens (tertiary/aromatic N) is 6. The van der Waals surface area contributed by atoms with Gasteiger partial charge >= 0.3 is 0 Å². The van der Waals surface area contributed by atoms with Crippen LogP contribution in [0.15, 0.2) is 60.8 Å². The normalized spacial score (nSPS) is 16.7. The van der Waals surface area contributed by atoms with Crippen LogP contribution in [0.5, 0.6) is 5.75 Å². The third-order valence-corrected chi connectivity index (χ3v) is 7.46. The summed E-state index contributed by atoms with van der Waals surface area (Å²) >= 11 is 0. The van der Waals surface area contributed by atoms with Crippen LogP contribution in [-0.4, -0.2) is 77.1 Å². The first-order valence-corrected chi connectivity index (χ1v) is 13.2. The number of para-hydroxylation sites is 1. The van der Waals surface area contributed by atoms with E-state index in [-0.39, 0.29) is 11.8 Å². The predicted molar refractivity (Wildman–Crippen MR) is 145 cm³/mol. The Morgan fingerprint density at radius 1 is 0.974 bits per heavy atom. The monoisotopic (exact) mass is 512 g/mol. The zero-order valence-electron chi connectivity index (χ0n) is 21.6. The summed E-state index contributed by atoms with van der Waals surface area (Å²) in [6.45, 7) is 4.19. The highest BCUT2D eigenvalue weighted by Gasteiger charge is 2.27. The molecule has 2 aromatic carbocycles. The van der Waals surface area contributed by atoms with E-state index in [0.29, 0.717) is 32.6 Å². The fourth-order valence-electron chi connectivity index (χ4n) is 5.24. The first-order valence-electron chi connectivity index (χ1n) is 13.2. The number of piperazine rings is 1. The molecule has 0 spiro atoms. The smallest absolute Gasteiger partial charge is 0.227 e. The van der Waals surface area contributed by atoms with Gasteiger partial charge in [0.05, 0.1) is 30.8 Å². The molecule has 2 fully saturated rings. The number of hydrogen-bond acceptors (Lipinski definition) is 7. The van der Waals surface area contributed by atoms with Gasteiger partial charge in [-0.1, -0.05) is 30.3 Å². The van der Waals surface area contributed by atoms with Crippen molar-refractivity contribution in [3.8, 4) is 11.4 Å². The summed E-state index contributed by atoms with van der Waals surface area (Å²) < 4.78 is 12.7. The van der Waals surface area contributed by atoms with Crippen LogP contribution in [0.1, 0.15) is 30.1 Å². The molecule has 6 rings (SSSR count). The Balaban J connectivity index is 1.24. The second-order valence-corrected chi connectivity index (χ2v) is 9.81. The lowest BCUT2D eigenvalue weighted by Gasteiger charge is -2.36. The van der Waals surface area contributed by atoms with Crippen molar-refractivity contribution in [1.29, 1.82) is 0 Å². The molecule has 4 heterocycles. The zero-order chi connectivity index (χ0) is 25.9. The molecule has 2 saturated heterocycles. The second kappa shape index (κ2) is 10.8. The van der Waals surface area contributed by atoms with E-state index in [1.807, 2.05) is 70.4 Å². The first-order chi connectivity index (χ1) is 18.7. The van der Waals surface area contributed by atoms with Gasteiger partial charge in [0.15, 0.2) is 5.65 Å². The maximum Gasteiger partial charge on any atom is 0.227 e. The highest BCUT2D eigenvalue weighted by atomic mass is 16.5. The maximum absolute atomic E-state index is 13.0. The van der Waals surface area contributed by atoms with Gasteiger partial charge in [-0.15, -0.1) is 0 Å². The van der Waals surface area contributed by atoms with Crippen LogP contribution in [-0.2, 0) is 16.0 Å². The van der Waals surface area contributed by atoms with Gasteiger partial charge in [0.25, 0.3) is 0 Å². The molecule has 0 unspecified atom stereocenters. The molecule has 0 N–H and O–H groups in total. The Kier molecular flexibility index (Phi) is 6.92. The fourth-order valence-corrected chi connectivity index (χ4v) is 5.24. The number of carbonyl (C=O) groups excluding carboxylic acids is 1. The van der Waals surface area contributed by atoms with Gasteiger partial charge in [0, 0.05) is 45.3 Å². The third kappa shape index (κ3) is 4.93. The van der Waals surface area contributed by atoms with Crippen LogP contribution in [0.2, 0.25) is 0 Å². The number of hydrogen-bond donors (Lipinski definition) is 0. The molecule has 2 aromatic heterocycles. The van der Waals surface area contributed by atoms with E-state index >= 15 is 0 Å². The van der Waals surface area contributed by atoms with Crippen LogP contribution in [0.4, 0.5) is 5.82 Å². The lowest BCUT2D eigenvalue weighted by atomic mass is 9.99. The van der Waals surface area contributed by atoms with E-state index < -0.39 is 0 Å². The molecule has 9 nitrogen and oxygen atoms in total. The molecule has 2 aliphatic heterocycles. The van der Waals surface area contributed by atoms with Crippen LogP contribution in [0, 0.1) is 0 Å². The third-order valence-electron chi connectivity index (χ3n) is 7.46. The Labute approximate surface area is 222 Å². The fraction of sp³-hybridized carbons (Fsp3) is 0.379. The van der Waals surface area contributed by atoms with Gasteiger partial charge in [-0.2, -0.15) is 5.10 Å². The molecule has 4 aromatic rings. The molecule has 1 amide bonds. The molecule has 0 aliphatic carbocycles. The minimum Gasteiger partial charge on any atom is -0.497 e. The predicted octanol–water partition coefficient (Wildman–Crippen LogP) is 3.61. The molecular formula is C29H32N6O3. The van der Waals surface area contributed by atoms with E-state index in [1.165, 1.54) is 0 Å². The lowest BCUT2D eigenvalue weighted by Crippen LogP contribution is -2.49. The molecule has 38 heavy (non-hydrogen) atoms. The number of carbonyl (C=O) groups is 1. The van der Waals surface area contributed by atoms with Crippen molar-refractivity contribution in [2.24, 2.45) is 0 Å². The molecule has 0 saturated carbocycles. The summed E-state index contributed by atoms with van der Waals surface area (Å²) in [4.78, 5) is 27.4. The van der Waals surface area contributed by atoms with Gasteiger partial charge in [0.2, 0.25) is 5.91 Å². The average Bonchev–Trinajstić information content (AvgIpc) is 3.42.